The minimum atomic E-state index is -2.59. The quantitative estimate of drug-likeness (QED) is 0.876. The first-order valence-electron chi connectivity index (χ1n) is 8.64. The van der Waals surface area contributed by atoms with Gasteiger partial charge in [0.2, 0.25) is 0 Å². The molecule has 0 radical (unpaired) electrons. The van der Waals surface area contributed by atoms with Crippen molar-refractivity contribution in [3.8, 4) is 5.75 Å². The summed E-state index contributed by atoms with van der Waals surface area (Å²) in [5.74, 6) is -2.14. The number of rotatable bonds is 5. The standard InChI is InChI=1S/C18H24F2N2O3/c19-18(20)7-9-21(10-8-18)13-17(24)6-11-22(14-17)16(23)12-25-15-4-2-1-3-5-15/h1-5,24H,6-14H2/t17-/m1/s1. The van der Waals surface area contributed by atoms with Gasteiger partial charge in [-0.15, -0.1) is 0 Å². The smallest absolute Gasteiger partial charge is 0.260 e. The second-order valence-corrected chi connectivity index (χ2v) is 7.02. The maximum atomic E-state index is 13.2. The molecular weight excluding hydrogens is 330 g/mol. The van der Waals surface area contributed by atoms with Crippen molar-refractivity contribution in [3.63, 3.8) is 0 Å². The number of ether oxygens (including phenoxy) is 1. The van der Waals surface area contributed by atoms with Crippen LogP contribution in [0.25, 0.3) is 0 Å². The van der Waals surface area contributed by atoms with Crippen molar-refractivity contribution in [1.82, 2.24) is 9.80 Å². The summed E-state index contributed by atoms with van der Waals surface area (Å²) < 4.78 is 31.9. The van der Waals surface area contributed by atoms with Gasteiger partial charge < -0.3 is 14.7 Å². The van der Waals surface area contributed by atoms with Crippen LogP contribution in [0.4, 0.5) is 8.78 Å². The number of β-amino-alcohol motifs (C(OH)–C–C–N with tert-alkyl or cyclic N) is 1. The molecule has 0 saturated carbocycles. The van der Waals surface area contributed by atoms with Crippen molar-refractivity contribution in [2.45, 2.75) is 30.8 Å². The second kappa shape index (κ2) is 7.25. The molecule has 7 heteroatoms. The Kier molecular flexibility index (Phi) is 5.24. The molecule has 0 bridgehead atoms. The molecule has 0 unspecified atom stereocenters. The number of aliphatic hydroxyl groups is 1. The Hall–Kier alpha value is -1.73. The monoisotopic (exact) mass is 354 g/mol. The van der Waals surface area contributed by atoms with E-state index < -0.39 is 11.5 Å². The third kappa shape index (κ3) is 4.89. The lowest BCUT2D eigenvalue weighted by molar-refractivity contribution is -0.133. The van der Waals surface area contributed by atoms with Crippen LogP contribution in [-0.4, -0.2) is 71.7 Å². The highest BCUT2D eigenvalue weighted by molar-refractivity contribution is 5.78. The number of hydrogen-bond donors (Lipinski definition) is 1. The van der Waals surface area contributed by atoms with Gasteiger partial charge in [-0.25, -0.2) is 8.78 Å². The predicted molar refractivity (Wildman–Crippen MR) is 88.7 cm³/mol. The minimum Gasteiger partial charge on any atom is -0.484 e. The molecule has 0 spiro atoms. The van der Waals surface area contributed by atoms with Crippen LogP contribution in [-0.2, 0) is 4.79 Å². The zero-order valence-electron chi connectivity index (χ0n) is 14.2. The van der Waals surface area contributed by atoms with Crippen molar-refractivity contribution in [3.05, 3.63) is 30.3 Å². The molecule has 25 heavy (non-hydrogen) atoms. The summed E-state index contributed by atoms with van der Waals surface area (Å²) in [5.41, 5.74) is -1.03. The van der Waals surface area contributed by atoms with Crippen LogP contribution in [0.1, 0.15) is 19.3 Å². The Morgan fingerprint density at radius 3 is 2.48 bits per heavy atom. The van der Waals surface area contributed by atoms with Gasteiger partial charge in [0.05, 0.1) is 12.1 Å². The van der Waals surface area contributed by atoms with E-state index in [-0.39, 0.29) is 45.0 Å². The lowest BCUT2D eigenvalue weighted by Gasteiger charge is -2.36. The number of carbonyl (C=O) groups excluding carboxylic acids is 1. The molecule has 1 N–H and O–H groups in total. The van der Waals surface area contributed by atoms with E-state index in [1.54, 1.807) is 17.0 Å². The molecule has 2 fully saturated rings. The highest BCUT2D eigenvalue weighted by Crippen LogP contribution is 2.30. The van der Waals surface area contributed by atoms with Gasteiger partial charge in [-0.2, -0.15) is 0 Å². The van der Waals surface area contributed by atoms with Crippen molar-refractivity contribution in [2.75, 3.05) is 39.3 Å². The molecule has 3 rings (SSSR count). The van der Waals surface area contributed by atoms with Crippen molar-refractivity contribution in [2.24, 2.45) is 0 Å². The van der Waals surface area contributed by atoms with E-state index in [1.165, 1.54) is 0 Å². The Labute approximate surface area is 146 Å². The van der Waals surface area contributed by atoms with Crippen LogP contribution < -0.4 is 4.74 Å². The fourth-order valence-corrected chi connectivity index (χ4v) is 3.41. The molecule has 138 valence electrons. The average Bonchev–Trinajstić information content (AvgIpc) is 2.98. The van der Waals surface area contributed by atoms with Crippen molar-refractivity contribution >= 4 is 5.91 Å². The molecule has 2 saturated heterocycles. The highest BCUT2D eigenvalue weighted by atomic mass is 19.3. The Bertz CT molecular complexity index is 589. The van der Waals surface area contributed by atoms with E-state index >= 15 is 0 Å². The van der Waals surface area contributed by atoms with Gasteiger partial charge in [0, 0.05) is 39.0 Å². The molecule has 0 aliphatic carbocycles. The van der Waals surface area contributed by atoms with Gasteiger partial charge in [0.1, 0.15) is 5.75 Å². The lowest BCUT2D eigenvalue weighted by Crippen LogP contribution is -2.50. The van der Waals surface area contributed by atoms with Crippen molar-refractivity contribution < 1.29 is 23.4 Å². The number of alkyl halides is 2. The van der Waals surface area contributed by atoms with Gasteiger partial charge in [-0.1, -0.05) is 18.2 Å². The SMILES string of the molecule is O=C(COc1ccccc1)N1CC[C@@](O)(CN2CCC(F)(F)CC2)C1. The first-order valence-corrected chi connectivity index (χ1v) is 8.64. The first-order chi connectivity index (χ1) is 11.9. The molecule has 1 atom stereocenters. The Morgan fingerprint density at radius 2 is 1.80 bits per heavy atom. The van der Waals surface area contributed by atoms with Crippen LogP contribution in [0.3, 0.4) is 0 Å². The Morgan fingerprint density at radius 1 is 1.12 bits per heavy atom. The maximum absolute atomic E-state index is 13.2. The van der Waals surface area contributed by atoms with Crippen LogP contribution in [0.2, 0.25) is 0 Å². The maximum Gasteiger partial charge on any atom is 0.260 e. The number of likely N-dealkylation sites (tertiary alicyclic amines) is 2. The van der Waals surface area contributed by atoms with Gasteiger partial charge in [-0.3, -0.25) is 9.69 Å². The number of carbonyl (C=O) groups is 1. The normalized spacial score (nSPS) is 26.6. The molecule has 0 aromatic heterocycles. The van der Waals surface area contributed by atoms with E-state index in [0.717, 1.165) is 0 Å². The summed E-state index contributed by atoms with van der Waals surface area (Å²) in [7, 11) is 0. The van der Waals surface area contributed by atoms with Crippen LogP contribution in [0.5, 0.6) is 5.75 Å². The van der Waals surface area contributed by atoms with E-state index in [1.807, 2.05) is 23.1 Å². The summed E-state index contributed by atoms with van der Waals surface area (Å²) >= 11 is 0. The van der Waals surface area contributed by atoms with Crippen molar-refractivity contribution in [1.29, 1.82) is 0 Å². The number of para-hydroxylation sites is 1. The third-order valence-electron chi connectivity index (χ3n) is 4.90. The van der Waals surface area contributed by atoms with Gasteiger partial charge in [-0.05, 0) is 18.6 Å². The zero-order chi connectivity index (χ0) is 17.9. The van der Waals surface area contributed by atoms with E-state index in [4.69, 9.17) is 4.74 Å². The topological polar surface area (TPSA) is 53.0 Å². The van der Waals surface area contributed by atoms with Gasteiger partial charge in [0.15, 0.2) is 6.61 Å². The van der Waals surface area contributed by atoms with E-state index in [2.05, 4.69) is 0 Å². The number of hydrogen-bond acceptors (Lipinski definition) is 4. The Balaban J connectivity index is 1.46. The number of piperidine rings is 1. The number of nitrogens with zero attached hydrogens (tertiary/aromatic N) is 2. The summed E-state index contributed by atoms with van der Waals surface area (Å²) in [6, 6.07) is 9.08. The van der Waals surface area contributed by atoms with Crippen LogP contribution in [0.15, 0.2) is 30.3 Å². The van der Waals surface area contributed by atoms with Gasteiger partial charge >= 0.3 is 0 Å². The van der Waals surface area contributed by atoms with E-state index in [0.29, 0.717) is 25.3 Å². The molecule has 2 aliphatic rings. The number of benzene rings is 1. The molecular formula is C18H24F2N2O3. The summed E-state index contributed by atoms with van der Waals surface area (Å²) in [6.45, 7) is 1.48. The summed E-state index contributed by atoms with van der Waals surface area (Å²) in [6.07, 6.45) is 0.115. The highest BCUT2D eigenvalue weighted by Gasteiger charge is 2.42. The van der Waals surface area contributed by atoms with Gasteiger partial charge in [0.25, 0.3) is 11.8 Å². The molecule has 1 aromatic rings. The molecule has 1 aromatic carbocycles. The molecule has 2 heterocycles. The fraction of sp³-hybridized carbons (Fsp3) is 0.611. The lowest BCUT2D eigenvalue weighted by atomic mass is 10.00. The summed E-state index contributed by atoms with van der Waals surface area (Å²) in [5, 5.41) is 10.7. The second-order valence-electron chi connectivity index (χ2n) is 7.02. The van der Waals surface area contributed by atoms with Crippen LogP contribution >= 0.6 is 0 Å². The molecule has 5 nitrogen and oxygen atoms in total. The fourth-order valence-electron chi connectivity index (χ4n) is 3.41. The van der Waals surface area contributed by atoms with Crippen LogP contribution in [0, 0.1) is 0 Å². The minimum absolute atomic E-state index is 0.0734. The third-order valence-corrected chi connectivity index (χ3v) is 4.90. The first kappa shape index (κ1) is 18.1. The number of halogens is 2. The molecule has 1 amide bonds. The average molecular weight is 354 g/mol. The largest absolute Gasteiger partial charge is 0.484 e. The zero-order valence-corrected chi connectivity index (χ0v) is 14.2. The summed E-state index contributed by atoms with van der Waals surface area (Å²) in [4.78, 5) is 15.7. The van der Waals surface area contributed by atoms with E-state index in [9.17, 15) is 18.7 Å². The molecule has 2 aliphatic heterocycles. The predicted octanol–water partition coefficient (Wildman–Crippen LogP) is 1.76. The number of amides is 1.